The highest BCUT2D eigenvalue weighted by Crippen LogP contribution is 2.31. The second-order valence-electron chi connectivity index (χ2n) is 6.90. The third kappa shape index (κ3) is 3.38. The molecule has 7 nitrogen and oxygen atoms in total. The van der Waals surface area contributed by atoms with E-state index in [2.05, 4.69) is 20.1 Å². The maximum Gasteiger partial charge on any atom is 0.227 e. The molecule has 7 heteroatoms. The molecule has 1 aromatic carbocycles. The van der Waals surface area contributed by atoms with Gasteiger partial charge >= 0.3 is 0 Å². The molecule has 1 aromatic heterocycles. The number of methoxy groups -OCH3 is 1. The second-order valence-corrected chi connectivity index (χ2v) is 6.90. The first-order chi connectivity index (χ1) is 12.7. The van der Waals surface area contributed by atoms with Crippen molar-refractivity contribution in [2.24, 2.45) is 5.92 Å². The normalized spacial score (nSPS) is 18.9. The minimum absolute atomic E-state index is 0.00237. The number of carbonyl (C=O) groups excluding carboxylic acids is 1. The number of aryl methyl sites for hydroxylation is 1. The number of carbonyl (C=O) groups is 1. The van der Waals surface area contributed by atoms with Crippen LogP contribution in [0.5, 0.6) is 11.5 Å². The first-order valence-corrected chi connectivity index (χ1v) is 9.23. The maximum atomic E-state index is 12.6. The summed E-state index contributed by atoms with van der Waals surface area (Å²) in [7, 11) is 1.63. The van der Waals surface area contributed by atoms with Crippen LogP contribution in [0.2, 0.25) is 0 Å². The summed E-state index contributed by atoms with van der Waals surface area (Å²) in [4.78, 5) is 12.6. The van der Waals surface area contributed by atoms with Gasteiger partial charge in [0.15, 0.2) is 5.82 Å². The molecule has 2 aromatic rings. The van der Waals surface area contributed by atoms with Crippen LogP contribution in [0, 0.1) is 5.92 Å². The largest absolute Gasteiger partial charge is 0.497 e. The first-order valence-electron chi connectivity index (χ1n) is 9.23. The molecular formula is C19H24N4O3. The van der Waals surface area contributed by atoms with Crippen molar-refractivity contribution in [3.05, 3.63) is 35.4 Å². The van der Waals surface area contributed by atoms with E-state index in [1.165, 1.54) is 6.42 Å². The van der Waals surface area contributed by atoms with E-state index in [0.29, 0.717) is 19.6 Å². The number of hydrogen-bond acceptors (Lipinski definition) is 5. The van der Waals surface area contributed by atoms with Gasteiger partial charge < -0.3 is 19.4 Å². The highest BCUT2D eigenvalue weighted by atomic mass is 16.5. The fourth-order valence-corrected chi connectivity index (χ4v) is 3.63. The molecule has 4 rings (SSSR count). The number of nitrogens with zero attached hydrogens (tertiary/aromatic N) is 3. The Hall–Kier alpha value is -2.57. The molecule has 26 heavy (non-hydrogen) atoms. The molecule has 2 aliphatic heterocycles. The molecule has 0 radical (unpaired) electrons. The number of rotatable bonds is 4. The predicted octanol–water partition coefficient (Wildman–Crippen LogP) is 1.88. The van der Waals surface area contributed by atoms with Crippen molar-refractivity contribution >= 4 is 5.91 Å². The number of benzene rings is 1. The van der Waals surface area contributed by atoms with Crippen LogP contribution in [-0.2, 0) is 30.7 Å². The van der Waals surface area contributed by atoms with Crippen molar-refractivity contribution in [1.82, 2.24) is 20.1 Å². The lowest BCUT2D eigenvalue weighted by Crippen LogP contribution is -2.37. The zero-order valence-corrected chi connectivity index (χ0v) is 15.0. The SMILES string of the molecule is COc1ccc2c(c1)OC[C@@H](C(=O)NCc1nnc3n1CCCCC3)C2. The van der Waals surface area contributed by atoms with Gasteiger partial charge in [0, 0.05) is 19.0 Å². The summed E-state index contributed by atoms with van der Waals surface area (Å²) in [6, 6.07) is 5.73. The Morgan fingerprint density at radius 2 is 2.27 bits per heavy atom. The van der Waals surface area contributed by atoms with E-state index in [9.17, 15) is 4.79 Å². The average molecular weight is 356 g/mol. The predicted molar refractivity (Wildman–Crippen MR) is 95.1 cm³/mol. The molecule has 0 aliphatic carbocycles. The summed E-state index contributed by atoms with van der Waals surface area (Å²) in [5.74, 6) is 3.25. The van der Waals surface area contributed by atoms with E-state index in [-0.39, 0.29) is 11.8 Å². The van der Waals surface area contributed by atoms with Crippen molar-refractivity contribution < 1.29 is 14.3 Å². The standard InChI is InChI=1S/C19H24N4O3/c1-25-15-7-6-13-9-14(12-26-16(13)10-15)19(24)20-11-18-22-21-17-5-3-2-4-8-23(17)18/h6-7,10,14H,2-5,8-9,11-12H2,1H3,(H,20,24)/t14-/m0/s1. The summed E-state index contributed by atoms with van der Waals surface area (Å²) in [5.41, 5.74) is 1.04. The van der Waals surface area contributed by atoms with Gasteiger partial charge in [-0.05, 0) is 30.9 Å². The van der Waals surface area contributed by atoms with Crippen molar-refractivity contribution in [3.63, 3.8) is 0 Å². The lowest BCUT2D eigenvalue weighted by Gasteiger charge is -2.25. The molecule has 3 heterocycles. The second kappa shape index (κ2) is 7.35. The van der Waals surface area contributed by atoms with E-state index in [1.807, 2.05) is 18.2 Å². The number of aromatic nitrogens is 3. The van der Waals surface area contributed by atoms with Crippen LogP contribution < -0.4 is 14.8 Å². The van der Waals surface area contributed by atoms with Crippen LogP contribution in [0.4, 0.5) is 0 Å². The average Bonchev–Trinajstić information content (AvgIpc) is 2.91. The van der Waals surface area contributed by atoms with Gasteiger partial charge in [0.1, 0.15) is 23.9 Å². The molecule has 0 bridgehead atoms. The third-order valence-corrected chi connectivity index (χ3v) is 5.16. The molecule has 2 aliphatic rings. The van der Waals surface area contributed by atoms with E-state index in [4.69, 9.17) is 9.47 Å². The topological polar surface area (TPSA) is 78.3 Å². The van der Waals surface area contributed by atoms with Gasteiger partial charge in [0.2, 0.25) is 5.91 Å². The number of amides is 1. The summed E-state index contributed by atoms with van der Waals surface area (Å²) in [6.45, 7) is 1.73. The van der Waals surface area contributed by atoms with Gasteiger partial charge in [-0.25, -0.2) is 0 Å². The van der Waals surface area contributed by atoms with Crippen molar-refractivity contribution in [3.8, 4) is 11.5 Å². The number of hydrogen-bond donors (Lipinski definition) is 1. The Bertz CT molecular complexity index is 802. The molecule has 0 unspecified atom stereocenters. The molecule has 0 spiro atoms. The molecule has 0 fully saturated rings. The number of nitrogens with one attached hydrogen (secondary N) is 1. The molecule has 1 amide bonds. The minimum atomic E-state index is -0.192. The zero-order chi connectivity index (χ0) is 17.9. The van der Waals surface area contributed by atoms with Crippen LogP contribution in [0.3, 0.4) is 0 Å². The Morgan fingerprint density at radius 3 is 3.15 bits per heavy atom. The van der Waals surface area contributed by atoms with Gasteiger partial charge in [0.05, 0.1) is 19.6 Å². The van der Waals surface area contributed by atoms with E-state index < -0.39 is 0 Å². The van der Waals surface area contributed by atoms with Gasteiger partial charge in [-0.3, -0.25) is 4.79 Å². The molecule has 1 atom stereocenters. The summed E-state index contributed by atoms with van der Waals surface area (Å²) in [5, 5.41) is 11.6. The van der Waals surface area contributed by atoms with Crippen molar-refractivity contribution in [2.75, 3.05) is 13.7 Å². The van der Waals surface area contributed by atoms with Crippen LogP contribution in [0.25, 0.3) is 0 Å². The summed E-state index contributed by atoms with van der Waals surface area (Å²) in [6.07, 6.45) is 5.16. The number of ether oxygens (including phenoxy) is 2. The van der Waals surface area contributed by atoms with Gasteiger partial charge in [-0.1, -0.05) is 12.5 Å². The van der Waals surface area contributed by atoms with Gasteiger partial charge in [-0.2, -0.15) is 0 Å². The number of fused-ring (bicyclic) bond motifs is 2. The van der Waals surface area contributed by atoms with E-state index in [0.717, 1.165) is 54.5 Å². The van der Waals surface area contributed by atoms with Crippen LogP contribution in [0.15, 0.2) is 18.2 Å². The van der Waals surface area contributed by atoms with Crippen LogP contribution in [-0.4, -0.2) is 34.4 Å². The lowest BCUT2D eigenvalue weighted by atomic mass is 9.96. The quantitative estimate of drug-likeness (QED) is 0.905. The van der Waals surface area contributed by atoms with E-state index >= 15 is 0 Å². The zero-order valence-electron chi connectivity index (χ0n) is 15.0. The molecular weight excluding hydrogens is 332 g/mol. The van der Waals surface area contributed by atoms with Gasteiger partial charge in [-0.15, -0.1) is 10.2 Å². The van der Waals surface area contributed by atoms with Crippen molar-refractivity contribution in [1.29, 1.82) is 0 Å². The monoisotopic (exact) mass is 356 g/mol. The summed E-state index contributed by atoms with van der Waals surface area (Å²) < 4.78 is 13.1. The Labute approximate surface area is 152 Å². The van der Waals surface area contributed by atoms with Gasteiger partial charge in [0.25, 0.3) is 0 Å². The molecule has 1 N–H and O–H groups in total. The molecule has 0 saturated carbocycles. The molecule has 138 valence electrons. The summed E-state index contributed by atoms with van der Waals surface area (Å²) >= 11 is 0. The Kier molecular flexibility index (Phi) is 4.77. The highest BCUT2D eigenvalue weighted by molar-refractivity contribution is 5.79. The molecule has 0 saturated heterocycles. The maximum absolute atomic E-state index is 12.6. The fourth-order valence-electron chi connectivity index (χ4n) is 3.63. The van der Waals surface area contributed by atoms with E-state index in [1.54, 1.807) is 7.11 Å². The fraction of sp³-hybridized carbons (Fsp3) is 0.526. The highest BCUT2D eigenvalue weighted by Gasteiger charge is 2.26. The van der Waals surface area contributed by atoms with Crippen molar-refractivity contribution in [2.45, 2.75) is 45.2 Å². The Morgan fingerprint density at radius 1 is 1.35 bits per heavy atom. The lowest BCUT2D eigenvalue weighted by molar-refractivity contribution is -0.126. The smallest absolute Gasteiger partial charge is 0.227 e. The third-order valence-electron chi connectivity index (χ3n) is 5.16. The minimum Gasteiger partial charge on any atom is -0.497 e. The Balaban J connectivity index is 1.38. The first kappa shape index (κ1) is 16.9. The van der Waals surface area contributed by atoms with Crippen LogP contribution >= 0.6 is 0 Å². The van der Waals surface area contributed by atoms with Crippen LogP contribution in [0.1, 0.15) is 36.5 Å².